The van der Waals surface area contributed by atoms with Crippen molar-refractivity contribution in [3.63, 3.8) is 0 Å². The van der Waals surface area contributed by atoms with Crippen molar-refractivity contribution in [3.05, 3.63) is 42.1 Å². The number of nitrogens with zero attached hydrogens (tertiary/aromatic N) is 2. The number of fused-ring (bicyclic) bond motifs is 1. The van der Waals surface area contributed by atoms with E-state index in [9.17, 15) is 14.4 Å². The van der Waals surface area contributed by atoms with Crippen LogP contribution >= 0.6 is 0 Å². The lowest BCUT2D eigenvalue weighted by Crippen LogP contribution is -2.49. The summed E-state index contributed by atoms with van der Waals surface area (Å²) in [6, 6.07) is 10.5. The van der Waals surface area contributed by atoms with Crippen molar-refractivity contribution in [2.75, 3.05) is 6.54 Å². The molecule has 0 unspecified atom stereocenters. The Balaban J connectivity index is 1.47. The Hall–Kier alpha value is -2.76. The summed E-state index contributed by atoms with van der Waals surface area (Å²) in [6.07, 6.45) is 6.44. The lowest BCUT2D eigenvalue weighted by molar-refractivity contribution is -0.140. The minimum atomic E-state index is -0.690. The van der Waals surface area contributed by atoms with Crippen LogP contribution in [0.3, 0.4) is 0 Å². The monoisotopic (exact) mass is 379 g/mol. The molecule has 28 heavy (non-hydrogen) atoms. The number of hydrogen-bond acceptors (Lipinski definition) is 4. The highest BCUT2D eigenvalue weighted by Gasteiger charge is 2.38. The second kappa shape index (κ2) is 8.09. The first-order valence-corrected chi connectivity index (χ1v) is 10.1. The van der Waals surface area contributed by atoms with Gasteiger partial charge in [-0.1, -0.05) is 43.5 Å². The largest absolute Gasteiger partial charge is 0.347 e. The van der Waals surface area contributed by atoms with Gasteiger partial charge >= 0.3 is 0 Å². The molecule has 1 atom stereocenters. The van der Waals surface area contributed by atoms with Crippen molar-refractivity contribution in [3.8, 4) is 0 Å². The molecule has 1 N–H and O–H groups in total. The summed E-state index contributed by atoms with van der Waals surface area (Å²) in [5, 5.41) is 3.84. The third-order valence-corrected chi connectivity index (χ3v) is 5.80. The maximum Gasteiger partial charge on any atom is 0.289 e. The van der Waals surface area contributed by atoms with E-state index in [4.69, 9.17) is 0 Å². The Labute approximate surface area is 164 Å². The maximum absolute atomic E-state index is 13.0. The molecule has 1 saturated heterocycles. The quantitative estimate of drug-likeness (QED) is 0.829. The minimum Gasteiger partial charge on any atom is -0.347 e. The van der Waals surface area contributed by atoms with Gasteiger partial charge in [0.25, 0.3) is 11.8 Å². The predicted molar refractivity (Wildman–Crippen MR) is 106 cm³/mol. The van der Waals surface area contributed by atoms with Gasteiger partial charge in [0.15, 0.2) is 0 Å². The van der Waals surface area contributed by atoms with Crippen LogP contribution in [-0.4, -0.2) is 46.1 Å². The molecule has 2 aromatic rings. The van der Waals surface area contributed by atoms with Crippen LogP contribution in [0.2, 0.25) is 0 Å². The third-order valence-electron chi connectivity index (χ3n) is 5.80. The molecule has 1 aromatic carbocycles. The van der Waals surface area contributed by atoms with Gasteiger partial charge in [0.05, 0.1) is 5.52 Å². The Kier molecular flexibility index (Phi) is 5.37. The second-order valence-electron chi connectivity index (χ2n) is 7.72. The lowest BCUT2D eigenvalue weighted by Gasteiger charge is -2.25. The summed E-state index contributed by atoms with van der Waals surface area (Å²) < 4.78 is 0. The second-order valence-corrected chi connectivity index (χ2v) is 7.72. The Bertz CT molecular complexity index is 905. The van der Waals surface area contributed by atoms with Gasteiger partial charge in [-0.05, 0) is 37.8 Å². The molecule has 0 radical (unpaired) electrons. The van der Waals surface area contributed by atoms with E-state index in [1.807, 2.05) is 30.3 Å². The van der Waals surface area contributed by atoms with Crippen molar-refractivity contribution in [2.24, 2.45) is 0 Å². The number of carbonyl (C=O) groups is 3. The number of hydrogen-bond donors (Lipinski definition) is 1. The number of ketones is 1. The van der Waals surface area contributed by atoms with E-state index in [1.54, 1.807) is 6.07 Å². The number of para-hydroxylation sites is 1. The van der Waals surface area contributed by atoms with Gasteiger partial charge in [0.2, 0.25) is 5.78 Å². The zero-order chi connectivity index (χ0) is 19.5. The molecule has 6 heteroatoms. The van der Waals surface area contributed by atoms with Crippen molar-refractivity contribution in [2.45, 2.75) is 57.0 Å². The average Bonchev–Trinajstić information content (AvgIpc) is 3.22. The van der Waals surface area contributed by atoms with Crippen LogP contribution < -0.4 is 5.32 Å². The molecule has 2 heterocycles. The molecule has 1 aliphatic heterocycles. The van der Waals surface area contributed by atoms with Gasteiger partial charge < -0.3 is 10.2 Å². The highest BCUT2D eigenvalue weighted by molar-refractivity contribution is 6.38. The van der Waals surface area contributed by atoms with Gasteiger partial charge in [0, 0.05) is 18.0 Å². The number of Topliss-reactive ketones (excluding diaryl/α,β-unsaturated/α-hetero) is 1. The smallest absolute Gasteiger partial charge is 0.289 e. The summed E-state index contributed by atoms with van der Waals surface area (Å²) >= 11 is 0. The molecular weight excluding hydrogens is 354 g/mol. The van der Waals surface area contributed by atoms with Crippen LogP contribution in [0.1, 0.15) is 55.4 Å². The topological polar surface area (TPSA) is 79.4 Å². The van der Waals surface area contributed by atoms with Crippen LogP contribution in [-0.2, 0) is 9.59 Å². The third kappa shape index (κ3) is 3.77. The summed E-state index contributed by atoms with van der Waals surface area (Å²) in [4.78, 5) is 44.2. The van der Waals surface area contributed by atoms with Crippen molar-refractivity contribution >= 4 is 28.5 Å². The number of rotatable bonds is 4. The SMILES string of the molecule is O=C(NC1CCCCC1)C(=O)[C@@H]1CCCN1C(=O)c1ccc2ccccc2n1. The number of benzene rings is 1. The molecule has 6 nitrogen and oxygen atoms in total. The highest BCUT2D eigenvalue weighted by atomic mass is 16.2. The summed E-state index contributed by atoms with van der Waals surface area (Å²) in [5.74, 6) is -1.34. The first-order chi connectivity index (χ1) is 13.6. The Morgan fingerprint density at radius 1 is 0.929 bits per heavy atom. The molecule has 1 saturated carbocycles. The van der Waals surface area contributed by atoms with Gasteiger partial charge in [0.1, 0.15) is 11.7 Å². The standard InChI is InChI=1S/C22H25N3O3/c26-20(21(27)23-16-8-2-1-3-9-16)19-11-6-14-25(19)22(28)18-13-12-15-7-4-5-10-17(15)24-18/h4-5,7,10,12-13,16,19H,1-3,6,8-9,11,14H2,(H,23,27)/t19-/m0/s1. The molecule has 2 amide bonds. The van der Waals surface area contributed by atoms with E-state index in [0.717, 1.165) is 36.6 Å². The summed E-state index contributed by atoms with van der Waals surface area (Å²) in [7, 11) is 0. The van der Waals surface area contributed by atoms with Gasteiger partial charge in [-0.3, -0.25) is 14.4 Å². The van der Waals surface area contributed by atoms with Crippen molar-refractivity contribution in [1.82, 2.24) is 15.2 Å². The molecule has 0 spiro atoms. The maximum atomic E-state index is 13.0. The molecular formula is C22H25N3O3. The fourth-order valence-corrected chi connectivity index (χ4v) is 4.27. The van der Waals surface area contributed by atoms with E-state index >= 15 is 0 Å². The molecule has 146 valence electrons. The zero-order valence-electron chi connectivity index (χ0n) is 15.9. The summed E-state index contributed by atoms with van der Waals surface area (Å²) in [5.41, 5.74) is 1.05. The van der Waals surface area contributed by atoms with Crippen LogP contribution in [0.25, 0.3) is 10.9 Å². The molecule has 1 aliphatic carbocycles. The van der Waals surface area contributed by atoms with Crippen molar-refractivity contribution < 1.29 is 14.4 Å². The molecule has 0 bridgehead atoms. The number of carbonyl (C=O) groups excluding carboxylic acids is 3. The molecule has 2 fully saturated rings. The van der Waals surface area contributed by atoms with Crippen LogP contribution in [0.4, 0.5) is 0 Å². The molecule has 4 rings (SSSR count). The van der Waals surface area contributed by atoms with E-state index in [2.05, 4.69) is 10.3 Å². The lowest BCUT2D eigenvalue weighted by atomic mass is 9.95. The van der Waals surface area contributed by atoms with Crippen LogP contribution in [0.5, 0.6) is 0 Å². The first-order valence-electron chi connectivity index (χ1n) is 10.1. The predicted octanol–water partition coefficient (Wildman–Crippen LogP) is 2.86. The zero-order valence-corrected chi connectivity index (χ0v) is 15.9. The van der Waals surface area contributed by atoms with E-state index in [1.165, 1.54) is 11.3 Å². The van der Waals surface area contributed by atoms with Gasteiger partial charge in [-0.15, -0.1) is 0 Å². The number of amides is 2. The van der Waals surface area contributed by atoms with Gasteiger partial charge in [-0.2, -0.15) is 0 Å². The first kappa shape index (κ1) is 18.6. The molecule has 1 aromatic heterocycles. The van der Waals surface area contributed by atoms with Crippen molar-refractivity contribution in [1.29, 1.82) is 0 Å². The van der Waals surface area contributed by atoms with Crippen LogP contribution in [0, 0.1) is 0 Å². The normalized spacial score (nSPS) is 20.3. The number of nitrogens with one attached hydrogen (secondary N) is 1. The Morgan fingerprint density at radius 3 is 2.54 bits per heavy atom. The number of aromatic nitrogens is 1. The number of pyridine rings is 1. The fraction of sp³-hybridized carbons (Fsp3) is 0.455. The van der Waals surface area contributed by atoms with E-state index in [0.29, 0.717) is 25.1 Å². The van der Waals surface area contributed by atoms with E-state index < -0.39 is 17.7 Å². The Morgan fingerprint density at radius 2 is 1.71 bits per heavy atom. The average molecular weight is 379 g/mol. The van der Waals surface area contributed by atoms with Crippen LogP contribution in [0.15, 0.2) is 36.4 Å². The minimum absolute atomic E-state index is 0.0814. The summed E-state index contributed by atoms with van der Waals surface area (Å²) in [6.45, 7) is 0.473. The molecule has 2 aliphatic rings. The highest BCUT2D eigenvalue weighted by Crippen LogP contribution is 2.22. The van der Waals surface area contributed by atoms with Gasteiger partial charge in [-0.25, -0.2) is 4.98 Å². The van der Waals surface area contributed by atoms with E-state index in [-0.39, 0.29) is 11.9 Å². The number of likely N-dealkylation sites (tertiary alicyclic amines) is 1. The fourth-order valence-electron chi connectivity index (χ4n) is 4.27.